The van der Waals surface area contributed by atoms with Crippen LogP contribution in [0.1, 0.15) is 31.7 Å². The van der Waals surface area contributed by atoms with Crippen LogP contribution in [0.15, 0.2) is 18.7 Å². The Balaban J connectivity index is 1.72. The molecular weight excluding hydrogens is 224 g/mol. The van der Waals surface area contributed by atoms with Gasteiger partial charge in [0.2, 0.25) is 0 Å². The maximum atomic E-state index is 4.05. The van der Waals surface area contributed by atoms with Gasteiger partial charge in [-0.25, -0.2) is 9.97 Å². The van der Waals surface area contributed by atoms with Crippen LogP contribution in [0.25, 0.3) is 0 Å². The monoisotopic (exact) mass is 248 g/mol. The van der Waals surface area contributed by atoms with E-state index >= 15 is 0 Å². The average molecular weight is 248 g/mol. The Labute approximate surface area is 110 Å². The summed E-state index contributed by atoms with van der Waals surface area (Å²) in [7, 11) is 2.17. The third-order valence-electron chi connectivity index (χ3n) is 3.78. The van der Waals surface area contributed by atoms with Gasteiger partial charge in [0.1, 0.15) is 6.33 Å². The van der Waals surface area contributed by atoms with Gasteiger partial charge in [0.25, 0.3) is 0 Å². The molecule has 4 nitrogen and oxygen atoms in total. The van der Waals surface area contributed by atoms with E-state index in [1.807, 2.05) is 12.4 Å². The molecule has 100 valence electrons. The van der Waals surface area contributed by atoms with Crippen LogP contribution in [0.3, 0.4) is 0 Å². The molecule has 4 heteroatoms. The molecule has 0 amide bonds. The smallest absolute Gasteiger partial charge is 0.115 e. The standard InChI is InChI=1S/C14H24N4/c1-13-5-3-4-6-18(13)8-7-17(2)11-14-9-15-12-16-10-14/h9-10,12-13H,3-8,11H2,1-2H3/t13-/m0/s1. The first kappa shape index (κ1) is 13.4. The van der Waals surface area contributed by atoms with Crippen LogP contribution >= 0.6 is 0 Å². The van der Waals surface area contributed by atoms with Crippen LogP contribution in [0.2, 0.25) is 0 Å². The Morgan fingerprint density at radius 2 is 2.11 bits per heavy atom. The Hall–Kier alpha value is -1.00. The van der Waals surface area contributed by atoms with Gasteiger partial charge in [-0.3, -0.25) is 4.90 Å². The van der Waals surface area contributed by atoms with E-state index in [2.05, 4.69) is 33.7 Å². The topological polar surface area (TPSA) is 32.3 Å². The number of likely N-dealkylation sites (N-methyl/N-ethyl adjacent to an activating group) is 1. The highest BCUT2D eigenvalue weighted by Crippen LogP contribution is 2.15. The molecule has 0 spiro atoms. The third-order valence-corrected chi connectivity index (χ3v) is 3.78. The second kappa shape index (κ2) is 6.81. The summed E-state index contributed by atoms with van der Waals surface area (Å²) in [5, 5.41) is 0. The minimum Gasteiger partial charge on any atom is -0.301 e. The maximum absolute atomic E-state index is 4.05. The molecule has 1 aliphatic heterocycles. The summed E-state index contributed by atoms with van der Waals surface area (Å²) in [5.41, 5.74) is 1.19. The number of hydrogen-bond donors (Lipinski definition) is 0. The fourth-order valence-corrected chi connectivity index (χ4v) is 2.59. The number of nitrogens with zero attached hydrogens (tertiary/aromatic N) is 4. The number of rotatable bonds is 5. The van der Waals surface area contributed by atoms with Gasteiger partial charge in [0, 0.05) is 43.6 Å². The fraction of sp³-hybridized carbons (Fsp3) is 0.714. The molecule has 1 aliphatic rings. The lowest BCUT2D eigenvalue weighted by Crippen LogP contribution is -2.41. The Morgan fingerprint density at radius 3 is 2.83 bits per heavy atom. The molecular formula is C14H24N4. The van der Waals surface area contributed by atoms with Gasteiger partial charge in [0.05, 0.1) is 0 Å². The lowest BCUT2D eigenvalue weighted by molar-refractivity contribution is 0.141. The lowest BCUT2D eigenvalue weighted by atomic mass is 10.0. The van der Waals surface area contributed by atoms with Crippen molar-refractivity contribution in [2.75, 3.05) is 26.7 Å². The van der Waals surface area contributed by atoms with Gasteiger partial charge in [-0.1, -0.05) is 6.42 Å². The highest BCUT2D eigenvalue weighted by atomic mass is 15.2. The van der Waals surface area contributed by atoms with E-state index in [9.17, 15) is 0 Å². The zero-order chi connectivity index (χ0) is 12.8. The molecule has 0 aliphatic carbocycles. The van der Waals surface area contributed by atoms with Gasteiger partial charge >= 0.3 is 0 Å². The van der Waals surface area contributed by atoms with E-state index in [1.54, 1.807) is 6.33 Å². The average Bonchev–Trinajstić information content (AvgIpc) is 2.39. The summed E-state index contributed by atoms with van der Waals surface area (Å²) in [4.78, 5) is 13.1. The zero-order valence-electron chi connectivity index (χ0n) is 11.5. The van der Waals surface area contributed by atoms with Crippen molar-refractivity contribution in [2.45, 2.75) is 38.8 Å². The minimum atomic E-state index is 0.757. The third kappa shape index (κ3) is 4.03. The van der Waals surface area contributed by atoms with Gasteiger partial charge in [-0.05, 0) is 33.4 Å². The van der Waals surface area contributed by atoms with Crippen LogP contribution < -0.4 is 0 Å². The van der Waals surface area contributed by atoms with Crippen LogP contribution in [0.4, 0.5) is 0 Å². The number of hydrogen-bond acceptors (Lipinski definition) is 4. The highest BCUT2D eigenvalue weighted by Gasteiger charge is 2.17. The molecule has 0 radical (unpaired) electrons. The van der Waals surface area contributed by atoms with Crippen molar-refractivity contribution in [3.63, 3.8) is 0 Å². The first-order valence-corrected chi connectivity index (χ1v) is 6.92. The second-order valence-electron chi connectivity index (χ2n) is 5.37. The molecule has 18 heavy (non-hydrogen) atoms. The van der Waals surface area contributed by atoms with E-state index < -0.39 is 0 Å². The van der Waals surface area contributed by atoms with Crippen molar-refractivity contribution in [3.8, 4) is 0 Å². The SMILES string of the molecule is C[C@H]1CCCCN1CCN(C)Cc1cncnc1. The lowest BCUT2D eigenvalue weighted by Gasteiger charge is -2.34. The first-order valence-electron chi connectivity index (χ1n) is 6.92. The molecule has 2 rings (SSSR count). The number of likely N-dealkylation sites (tertiary alicyclic amines) is 1. The summed E-state index contributed by atoms with van der Waals surface area (Å²) < 4.78 is 0. The van der Waals surface area contributed by atoms with Crippen LogP contribution in [-0.4, -0.2) is 52.5 Å². The fourth-order valence-electron chi connectivity index (χ4n) is 2.59. The molecule has 2 heterocycles. The minimum absolute atomic E-state index is 0.757. The van der Waals surface area contributed by atoms with E-state index in [0.717, 1.165) is 19.1 Å². The molecule has 1 aromatic heterocycles. The summed E-state index contributed by atoms with van der Waals surface area (Å²) in [6, 6.07) is 0.757. The summed E-state index contributed by atoms with van der Waals surface area (Å²) in [6.45, 7) is 6.83. The number of aromatic nitrogens is 2. The quantitative estimate of drug-likeness (QED) is 0.795. The normalized spacial score (nSPS) is 21.4. The van der Waals surface area contributed by atoms with Crippen molar-refractivity contribution >= 4 is 0 Å². The molecule has 0 N–H and O–H groups in total. The zero-order valence-corrected chi connectivity index (χ0v) is 11.5. The first-order chi connectivity index (χ1) is 8.75. The molecule has 0 saturated carbocycles. The van der Waals surface area contributed by atoms with Gasteiger partial charge in [-0.15, -0.1) is 0 Å². The van der Waals surface area contributed by atoms with Crippen molar-refractivity contribution in [3.05, 3.63) is 24.3 Å². The van der Waals surface area contributed by atoms with Crippen molar-refractivity contribution in [1.82, 2.24) is 19.8 Å². The molecule has 0 aromatic carbocycles. The Morgan fingerprint density at radius 1 is 1.33 bits per heavy atom. The Kier molecular flexibility index (Phi) is 5.08. The summed E-state index contributed by atoms with van der Waals surface area (Å²) >= 11 is 0. The van der Waals surface area contributed by atoms with E-state index in [4.69, 9.17) is 0 Å². The maximum Gasteiger partial charge on any atom is 0.115 e. The summed E-state index contributed by atoms with van der Waals surface area (Å²) in [5.74, 6) is 0. The van der Waals surface area contributed by atoms with E-state index in [1.165, 1.54) is 37.9 Å². The van der Waals surface area contributed by atoms with E-state index in [-0.39, 0.29) is 0 Å². The molecule has 1 saturated heterocycles. The van der Waals surface area contributed by atoms with Gasteiger partial charge in [-0.2, -0.15) is 0 Å². The molecule has 1 fully saturated rings. The second-order valence-corrected chi connectivity index (χ2v) is 5.37. The Bertz CT molecular complexity index is 341. The highest BCUT2D eigenvalue weighted by molar-refractivity contribution is 5.01. The largest absolute Gasteiger partial charge is 0.301 e. The van der Waals surface area contributed by atoms with Crippen LogP contribution in [-0.2, 0) is 6.54 Å². The van der Waals surface area contributed by atoms with Crippen molar-refractivity contribution < 1.29 is 0 Å². The van der Waals surface area contributed by atoms with Gasteiger partial charge < -0.3 is 4.90 Å². The van der Waals surface area contributed by atoms with Gasteiger partial charge in [0.15, 0.2) is 0 Å². The predicted octanol–water partition coefficient (Wildman–Crippen LogP) is 1.78. The summed E-state index contributed by atoms with van der Waals surface area (Å²) in [6.07, 6.45) is 9.49. The molecule has 1 aromatic rings. The molecule has 1 atom stereocenters. The predicted molar refractivity (Wildman–Crippen MR) is 73.3 cm³/mol. The van der Waals surface area contributed by atoms with Crippen molar-refractivity contribution in [1.29, 1.82) is 0 Å². The molecule has 0 unspecified atom stereocenters. The van der Waals surface area contributed by atoms with Crippen molar-refractivity contribution in [2.24, 2.45) is 0 Å². The van der Waals surface area contributed by atoms with E-state index in [0.29, 0.717) is 0 Å². The van der Waals surface area contributed by atoms with Crippen LogP contribution in [0.5, 0.6) is 0 Å². The van der Waals surface area contributed by atoms with Crippen LogP contribution in [0, 0.1) is 0 Å². The number of piperidine rings is 1. The molecule has 0 bridgehead atoms.